The van der Waals surface area contributed by atoms with E-state index in [1.54, 1.807) is 0 Å². The molecule has 0 saturated carbocycles. The van der Waals surface area contributed by atoms with Gasteiger partial charge in [-0.2, -0.15) is 0 Å². The summed E-state index contributed by atoms with van der Waals surface area (Å²) in [6, 6.07) is -0.0348. The number of nitrogens with two attached hydrogens (primary N) is 2. The molecule has 0 radical (unpaired) electrons. The fourth-order valence-corrected chi connectivity index (χ4v) is 1.18. The summed E-state index contributed by atoms with van der Waals surface area (Å²) in [6.45, 7) is 5.77. The van der Waals surface area contributed by atoms with Crippen LogP contribution in [0.15, 0.2) is 11.1 Å². The maximum absolute atomic E-state index is 10.9. The molecular formula is C9H18N2O. The summed E-state index contributed by atoms with van der Waals surface area (Å²) in [5.41, 5.74) is 12.5. The van der Waals surface area contributed by atoms with Crippen LogP contribution in [0.3, 0.4) is 0 Å². The fourth-order valence-electron chi connectivity index (χ4n) is 1.18. The van der Waals surface area contributed by atoms with Crippen molar-refractivity contribution >= 4 is 5.91 Å². The molecule has 0 aromatic carbocycles. The van der Waals surface area contributed by atoms with Crippen molar-refractivity contribution in [1.29, 1.82) is 0 Å². The van der Waals surface area contributed by atoms with Gasteiger partial charge in [0.15, 0.2) is 0 Å². The maximum Gasteiger partial charge on any atom is 0.244 e. The van der Waals surface area contributed by atoms with E-state index in [2.05, 4.69) is 0 Å². The highest BCUT2D eigenvalue weighted by Crippen LogP contribution is 2.12. The van der Waals surface area contributed by atoms with Gasteiger partial charge in [0.1, 0.15) is 0 Å². The molecule has 70 valence electrons. The molecule has 0 aliphatic rings. The summed E-state index contributed by atoms with van der Waals surface area (Å²) >= 11 is 0. The van der Waals surface area contributed by atoms with Crippen molar-refractivity contribution in [2.24, 2.45) is 11.5 Å². The predicted octanol–water partition coefficient (Wildman–Crippen LogP) is 0.935. The smallest absolute Gasteiger partial charge is 0.244 e. The number of rotatable bonds is 4. The molecule has 0 aliphatic heterocycles. The van der Waals surface area contributed by atoms with Crippen LogP contribution in [0.1, 0.15) is 33.6 Å². The van der Waals surface area contributed by atoms with Gasteiger partial charge in [-0.05, 0) is 25.3 Å². The molecule has 3 heteroatoms. The lowest BCUT2D eigenvalue weighted by molar-refractivity contribution is -0.114. The van der Waals surface area contributed by atoms with Crippen molar-refractivity contribution in [1.82, 2.24) is 0 Å². The Kier molecular flexibility index (Phi) is 4.59. The van der Waals surface area contributed by atoms with Crippen LogP contribution in [0.2, 0.25) is 0 Å². The Morgan fingerprint density at radius 1 is 1.42 bits per heavy atom. The quantitative estimate of drug-likeness (QED) is 0.616. The Labute approximate surface area is 73.8 Å². The topological polar surface area (TPSA) is 69.1 Å². The van der Waals surface area contributed by atoms with E-state index in [1.807, 2.05) is 20.8 Å². The Morgan fingerprint density at radius 3 is 2.17 bits per heavy atom. The molecule has 0 fully saturated rings. The molecule has 0 aromatic rings. The van der Waals surface area contributed by atoms with Crippen molar-refractivity contribution in [2.75, 3.05) is 0 Å². The van der Waals surface area contributed by atoms with Crippen molar-refractivity contribution in [3.63, 3.8) is 0 Å². The van der Waals surface area contributed by atoms with Crippen LogP contribution in [-0.2, 0) is 4.79 Å². The zero-order valence-electron chi connectivity index (χ0n) is 8.05. The average molecular weight is 170 g/mol. The minimum absolute atomic E-state index is 0.0348. The molecule has 0 bridgehead atoms. The Hall–Kier alpha value is -0.830. The Balaban J connectivity index is 4.71. The molecule has 0 heterocycles. The first-order chi connectivity index (χ1) is 5.54. The molecule has 1 unspecified atom stereocenters. The molecule has 0 spiro atoms. The molecule has 0 rings (SSSR count). The minimum atomic E-state index is -0.348. The Bertz CT molecular complexity index is 197. The highest BCUT2D eigenvalue weighted by Gasteiger charge is 2.11. The van der Waals surface area contributed by atoms with Gasteiger partial charge in [-0.1, -0.05) is 13.8 Å². The van der Waals surface area contributed by atoms with Gasteiger partial charge in [0, 0.05) is 11.6 Å². The number of primary amides is 1. The van der Waals surface area contributed by atoms with Gasteiger partial charge in [-0.3, -0.25) is 4.79 Å². The van der Waals surface area contributed by atoms with Crippen LogP contribution < -0.4 is 11.5 Å². The van der Waals surface area contributed by atoms with Gasteiger partial charge in [-0.15, -0.1) is 0 Å². The van der Waals surface area contributed by atoms with Crippen LogP contribution in [0.25, 0.3) is 0 Å². The van der Waals surface area contributed by atoms with E-state index in [-0.39, 0.29) is 11.9 Å². The lowest BCUT2D eigenvalue weighted by atomic mass is 9.99. The zero-order valence-corrected chi connectivity index (χ0v) is 8.05. The van der Waals surface area contributed by atoms with Crippen molar-refractivity contribution in [2.45, 2.75) is 39.7 Å². The normalized spacial score (nSPS) is 15.3. The second-order valence-electron chi connectivity index (χ2n) is 2.89. The third kappa shape index (κ3) is 2.66. The van der Waals surface area contributed by atoms with Gasteiger partial charge >= 0.3 is 0 Å². The summed E-state index contributed by atoms with van der Waals surface area (Å²) in [5, 5.41) is 0. The molecule has 0 aliphatic carbocycles. The third-order valence-corrected chi connectivity index (χ3v) is 2.12. The predicted molar refractivity (Wildman–Crippen MR) is 50.5 cm³/mol. The SMILES string of the molecule is CC/C(C(N)=O)=C(\C)C(N)CC. The zero-order chi connectivity index (χ0) is 9.72. The molecule has 1 atom stereocenters. The highest BCUT2D eigenvalue weighted by molar-refractivity contribution is 5.92. The summed E-state index contributed by atoms with van der Waals surface area (Å²) in [6.07, 6.45) is 1.50. The molecule has 0 saturated heterocycles. The third-order valence-electron chi connectivity index (χ3n) is 2.12. The number of hydrogen-bond acceptors (Lipinski definition) is 2. The molecule has 12 heavy (non-hydrogen) atoms. The van der Waals surface area contributed by atoms with Crippen LogP contribution in [-0.4, -0.2) is 11.9 Å². The fraction of sp³-hybridized carbons (Fsp3) is 0.667. The van der Waals surface area contributed by atoms with Crippen LogP contribution in [0, 0.1) is 0 Å². The van der Waals surface area contributed by atoms with Gasteiger partial charge < -0.3 is 11.5 Å². The van der Waals surface area contributed by atoms with Gasteiger partial charge in [0.2, 0.25) is 5.91 Å². The standard InChI is InChI=1S/C9H18N2O/c1-4-7(9(11)12)6(3)8(10)5-2/h8H,4-5,10H2,1-3H3,(H2,11,12)/b7-6-. The van der Waals surface area contributed by atoms with Crippen LogP contribution in [0.5, 0.6) is 0 Å². The first-order valence-electron chi connectivity index (χ1n) is 4.29. The van der Waals surface area contributed by atoms with Crippen LogP contribution >= 0.6 is 0 Å². The van der Waals surface area contributed by atoms with Crippen molar-refractivity contribution in [3.8, 4) is 0 Å². The van der Waals surface area contributed by atoms with E-state index in [0.29, 0.717) is 12.0 Å². The minimum Gasteiger partial charge on any atom is -0.366 e. The van der Waals surface area contributed by atoms with Gasteiger partial charge in [-0.25, -0.2) is 0 Å². The second-order valence-corrected chi connectivity index (χ2v) is 2.89. The van der Waals surface area contributed by atoms with E-state index >= 15 is 0 Å². The largest absolute Gasteiger partial charge is 0.366 e. The van der Waals surface area contributed by atoms with E-state index in [4.69, 9.17) is 11.5 Å². The first-order valence-corrected chi connectivity index (χ1v) is 4.29. The average Bonchev–Trinajstić information content (AvgIpc) is 2.03. The summed E-state index contributed by atoms with van der Waals surface area (Å²) in [5.74, 6) is -0.348. The monoisotopic (exact) mass is 170 g/mol. The Morgan fingerprint density at radius 2 is 1.92 bits per heavy atom. The number of carbonyl (C=O) groups excluding carboxylic acids is 1. The summed E-state index contributed by atoms with van der Waals surface area (Å²) in [7, 11) is 0. The van der Waals surface area contributed by atoms with Gasteiger partial charge in [0.05, 0.1) is 0 Å². The molecule has 4 N–H and O–H groups in total. The van der Waals surface area contributed by atoms with E-state index in [1.165, 1.54) is 0 Å². The number of carbonyl (C=O) groups is 1. The maximum atomic E-state index is 10.9. The first kappa shape index (κ1) is 11.2. The summed E-state index contributed by atoms with van der Waals surface area (Å²) in [4.78, 5) is 10.9. The molecule has 1 amide bonds. The number of hydrogen-bond donors (Lipinski definition) is 2. The highest BCUT2D eigenvalue weighted by atomic mass is 16.1. The van der Waals surface area contributed by atoms with Crippen molar-refractivity contribution in [3.05, 3.63) is 11.1 Å². The lowest BCUT2D eigenvalue weighted by Crippen LogP contribution is -2.25. The lowest BCUT2D eigenvalue weighted by Gasteiger charge is -2.13. The van der Waals surface area contributed by atoms with Crippen LogP contribution in [0.4, 0.5) is 0 Å². The van der Waals surface area contributed by atoms with E-state index in [0.717, 1.165) is 12.0 Å². The molecule has 3 nitrogen and oxygen atoms in total. The number of amides is 1. The molecule has 0 aromatic heterocycles. The molecular weight excluding hydrogens is 152 g/mol. The van der Waals surface area contributed by atoms with Gasteiger partial charge in [0.25, 0.3) is 0 Å². The second kappa shape index (κ2) is 4.93. The van der Waals surface area contributed by atoms with Crippen molar-refractivity contribution < 1.29 is 4.79 Å². The van der Waals surface area contributed by atoms with E-state index in [9.17, 15) is 4.79 Å². The van der Waals surface area contributed by atoms with E-state index < -0.39 is 0 Å². The summed E-state index contributed by atoms with van der Waals surface area (Å²) < 4.78 is 0.